The van der Waals surface area contributed by atoms with Crippen LogP contribution >= 0.6 is 11.3 Å². The molecule has 4 N–H and O–H groups in total. The summed E-state index contributed by atoms with van der Waals surface area (Å²) >= 11 is 1.22. The van der Waals surface area contributed by atoms with Gasteiger partial charge < -0.3 is 25.4 Å². The van der Waals surface area contributed by atoms with E-state index in [-0.39, 0.29) is 17.6 Å². The molecule has 1 unspecified atom stereocenters. The number of esters is 1. The lowest BCUT2D eigenvalue weighted by atomic mass is 9.78. The molecule has 7 nitrogen and oxygen atoms in total. The van der Waals surface area contributed by atoms with Crippen LogP contribution in [0.5, 0.6) is 0 Å². The highest BCUT2D eigenvalue weighted by Gasteiger charge is 2.35. The van der Waals surface area contributed by atoms with Crippen molar-refractivity contribution in [2.75, 3.05) is 6.61 Å². The van der Waals surface area contributed by atoms with Crippen molar-refractivity contribution >= 4 is 35.9 Å². The summed E-state index contributed by atoms with van der Waals surface area (Å²) in [7, 11) is -1.68. The summed E-state index contributed by atoms with van der Waals surface area (Å²) in [4.78, 5) is 24.3. The standard InChI is InChI=1S/C12H15BN2O5S/c1-3-20-11(16)8-6(2)14-12(17)15-9(8)10-7(13(18)19)4-5-21-10/h4-5,9,18-19H,3H2,1-2H3,(H2,14,15,17). The molecule has 0 aliphatic carbocycles. The Morgan fingerprint density at radius 3 is 2.86 bits per heavy atom. The Kier molecular flexibility index (Phi) is 4.66. The van der Waals surface area contributed by atoms with Gasteiger partial charge in [-0.05, 0) is 24.7 Å². The van der Waals surface area contributed by atoms with Gasteiger partial charge in [-0.2, -0.15) is 0 Å². The van der Waals surface area contributed by atoms with E-state index in [2.05, 4.69) is 10.6 Å². The van der Waals surface area contributed by atoms with Crippen LogP contribution in [-0.4, -0.2) is 35.8 Å². The molecule has 2 amide bonds. The third kappa shape index (κ3) is 3.09. The Hall–Kier alpha value is -1.84. The maximum atomic E-state index is 12.1. The van der Waals surface area contributed by atoms with Crippen LogP contribution in [0, 0.1) is 0 Å². The number of thiophene rings is 1. The highest BCUT2D eigenvalue weighted by atomic mass is 32.1. The molecule has 1 aliphatic rings. The normalized spacial score (nSPS) is 18.1. The van der Waals surface area contributed by atoms with Gasteiger partial charge in [-0.1, -0.05) is 6.07 Å². The highest BCUT2D eigenvalue weighted by molar-refractivity contribution is 7.11. The number of allylic oxidation sites excluding steroid dienone is 1. The molecule has 1 aromatic heterocycles. The fourth-order valence-corrected chi connectivity index (χ4v) is 3.13. The summed E-state index contributed by atoms with van der Waals surface area (Å²) in [5.41, 5.74) is 0.886. The molecule has 112 valence electrons. The van der Waals surface area contributed by atoms with Gasteiger partial charge >= 0.3 is 19.1 Å². The fraction of sp³-hybridized carbons (Fsp3) is 0.333. The van der Waals surface area contributed by atoms with E-state index < -0.39 is 25.2 Å². The third-order valence-electron chi connectivity index (χ3n) is 3.03. The lowest BCUT2D eigenvalue weighted by molar-refractivity contribution is -0.139. The maximum absolute atomic E-state index is 12.1. The fourth-order valence-electron chi connectivity index (χ4n) is 2.15. The number of hydrogen-bond donors (Lipinski definition) is 4. The first-order valence-electron chi connectivity index (χ1n) is 6.34. The summed E-state index contributed by atoms with van der Waals surface area (Å²) < 4.78 is 5.01. The van der Waals surface area contributed by atoms with Crippen molar-refractivity contribution < 1.29 is 24.4 Å². The van der Waals surface area contributed by atoms with E-state index in [1.165, 1.54) is 17.4 Å². The molecule has 0 saturated carbocycles. The van der Waals surface area contributed by atoms with E-state index >= 15 is 0 Å². The number of hydrogen-bond acceptors (Lipinski definition) is 6. The Morgan fingerprint density at radius 1 is 1.52 bits per heavy atom. The molecular weight excluding hydrogens is 295 g/mol. The highest BCUT2D eigenvalue weighted by Crippen LogP contribution is 2.29. The molecule has 21 heavy (non-hydrogen) atoms. The van der Waals surface area contributed by atoms with Crippen LogP contribution < -0.4 is 16.1 Å². The monoisotopic (exact) mass is 310 g/mol. The van der Waals surface area contributed by atoms with Crippen molar-refractivity contribution in [3.63, 3.8) is 0 Å². The van der Waals surface area contributed by atoms with Crippen LogP contribution in [-0.2, 0) is 9.53 Å². The summed E-state index contributed by atoms with van der Waals surface area (Å²) in [5, 5.41) is 25.6. The summed E-state index contributed by atoms with van der Waals surface area (Å²) in [6.45, 7) is 3.49. The Bertz CT molecular complexity index is 598. The summed E-state index contributed by atoms with van der Waals surface area (Å²) in [5.74, 6) is -0.556. The largest absolute Gasteiger partial charge is 0.489 e. The minimum atomic E-state index is -1.68. The third-order valence-corrected chi connectivity index (χ3v) is 4.03. The molecule has 0 fully saturated rings. The van der Waals surface area contributed by atoms with Gasteiger partial charge in [-0.3, -0.25) is 0 Å². The molecular formula is C12H15BN2O5S. The van der Waals surface area contributed by atoms with Crippen LogP contribution in [0.15, 0.2) is 22.7 Å². The Labute approximate surface area is 125 Å². The zero-order valence-corrected chi connectivity index (χ0v) is 12.4. The molecule has 2 heterocycles. The zero-order valence-electron chi connectivity index (χ0n) is 11.5. The van der Waals surface area contributed by atoms with Gasteiger partial charge in [0.15, 0.2) is 0 Å². The van der Waals surface area contributed by atoms with Gasteiger partial charge in [0.25, 0.3) is 0 Å². The smallest absolute Gasteiger partial charge is 0.463 e. The van der Waals surface area contributed by atoms with E-state index in [1.807, 2.05) is 0 Å². The molecule has 1 aromatic rings. The lowest BCUT2D eigenvalue weighted by Gasteiger charge is -2.27. The van der Waals surface area contributed by atoms with Crippen molar-refractivity contribution in [1.82, 2.24) is 10.6 Å². The van der Waals surface area contributed by atoms with Gasteiger partial charge in [0.2, 0.25) is 0 Å². The van der Waals surface area contributed by atoms with Crippen LogP contribution in [0.25, 0.3) is 0 Å². The van der Waals surface area contributed by atoms with E-state index in [0.29, 0.717) is 10.6 Å². The quantitative estimate of drug-likeness (QED) is 0.448. The predicted molar refractivity (Wildman–Crippen MR) is 77.9 cm³/mol. The number of carbonyl (C=O) groups is 2. The molecule has 1 aliphatic heterocycles. The molecule has 0 bridgehead atoms. The minimum Gasteiger partial charge on any atom is -0.463 e. The lowest BCUT2D eigenvalue weighted by Crippen LogP contribution is -2.47. The molecule has 2 rings (SSSR count). The Morgan fingerprint density at radius 2 is 2.24 bits per heavy atom. The average Bonchev–Trinajstić information content (AvgIpc) is 2.86. The van der Waals surface area contributed by atoms with Crippen molar-refractivity contribution in [3.8, 4) is 0 Å². The summed E-state index contributed by atoms with van der Waals surface area (Å²) in [6, 6.07) is 0.309. The molecule has 1 atom stereocenters. The van der Waals surface area contributed by atoms with Crippen LogP contribution in [0.1, 0.15) is 24.8 Å². The van der Waals surface area contributed by atoms with Crippen LogP contribution in [0.3, 0.4) is 0 Å². The van der Waals surface area contributed by atoms with Crippen LogP contribution in [0.2, 0.25) is 0 Å². The molecule has 0 aromatic carbocycles. The van der Waals surface area contributed by atoms with Gasteiger partial charge in [0.05, 0.1) is 18.2 Å². The number of ether oxygens (including phenoxy) is 1. The Balaban J connectivity index is 2.47. The first-order valence-corrected chi connectivity index (χ1v) is 7.22. The topological polar surface area (TPSA) is 108 Å². The number of nitrogens with one attached hydrogen (secondary N) is 2. The predicted octanol–water partition coefficient (Wildman–Crippen LogP) is -0.381. The van der Waals surface area contributed by atoms with Gasteiger partial charge in [-0.25, -0.2) is 9.59 Å². The average molecular weight is 310 g/mol. The minimum absolute atomic E-state index is 0.205. The molecule has 0 radical (unpaired) electrons. The van der Waals surface area contributed by atoms with Crippen molar-refractivity contribution in [3.05, 3.63) is 27.6 Å². The maximum Gasteiger partial charge on any atom is 0.489 e. The van der Waals surface area contributed by atoms with Gasteiger partial charge in [0, 0.05) is 10.6 Å². The molecule has 9 heteroatoms. The second kappa shape index (κ2) is 6.29. The van der Waals surface area contributed by atoms with E-state index in [1.54, 1.807) is 19.2 Å². The first kappa shape index (κ1) is 15.6. The van der Waals surface area contributed by atoms with Crippen LogP contribution in [0.4, 0.5) is 4.79 Å². The number of carbonyl (C=O) groups excluding carboxylic acids is 2. The second-order valence-electron chi connectivity index (χ2n) is 4.40. The van der Waals surface area contributed by atoms with Gasteiger partial charge in [-0.15, -0.1) is 11.3 Å². The van der Waals surface area contributed by atoms with E-state index in [4.69, 9.17) is 4.74 Å². The molecule has 0 spiro atoms. The second-order valence-corrected chi connectivity index (χ2v) is 5.35. The SMILES string of the molecule is CCOC(=O)C1=C(C)NC(=O)NC1c1sccc1B(O)O. The van der Waals surface area contributed by atoms with E-state index in [9.17, 15) is 19.6 Å². The number of rotatable bonds is 4. The number of urea groups is 1. The van der Waals surface area contributed by atoms with E-state index in [0.717, 1.165) is 0 Å². The first-order chi connectivity index (χ1) is 9.95. The number of amides is 2. The van der Waals surface area contributed by atoms with Crippen molar-refractivity contribution in [2.24, 2.45) is 0 Å². The molecule has 0 saturated heterocycles. The van der Waals surface area contributed by atoms with Crippen molar-refractivity contribution in [2.45, 2.75) is 19.9 Å². The zero-order chi connectivity index (χ0) is 15.6. The van der Waals surface area contributed by atoms with Crippen molar-refractivity contribution in [1.29, 1.82) is 0 Å². The van der Waals surface area contributed by atoms with Gasteiger partial charge in [0.1, 0.15) is 0 Å². The summed E-state index contributed by atoms with van der Waals surface area (Å²) in [6.07, 6.45) is 0.